The predicted molar refractivity (Wildman–Crippen MR) is 121 cm³/mol. The second-order valence-electron chi connectivity index (χ2n) is 7.27. The van der Waals surface area contributed by atoms with E-state index in [1.807, 2.05) is 49.4 Å². The normalized spacial score (nSPS) is 11.8. The highest BCUT2D eigenvalue weighted by Crippen LogP contribution is 2.44. The summed E-state index contributed by atoms with van der Waals surface area (Å²) in [6.45, 7) is 2.71. The van der Waals surface area contributed by atoms with Crippen LogP contribution in [0.25, 0.3) is 11.1 Å². The van der Waals surface area contributed by atoms with E-state index in [1.165, 1.54) is 22.3 Å². The molecule has 0 atom stereocenters. The maximum Gasteiger partial charge on any atom is 0.407 e. The lowest BCUT2D eigenvalue weighted by molar-refractivity contribution is 0.143. The first-order chi connectivity index (χ1) is 14.6. The fourth-order valence-corrected chi connectivity index (χ4v) is 3.88. The standard InChI is InChI=1S/C26H22ClNO2/c1-18-16-19(13-14-25(18)27)8-6-7-15-28-26(29)30-17-24-22-11-4-2-9-20(22)21-10-3-5-12-23(21)24/h2-5,9-14,16,24H,7,15,17H2,1H3,(H,28,29). The zero-order valence-corrected chi connectivity index (χ0v) is 17.5. The van der Waals surface area contributed by atoms with Gasteiger partial charge in [-0.2, -0.15) is 0 Å². The molecule has 0 fully saturated rings. The lowest BCUT2D eigenvalue weighted by Gasteiger charge is -2.14. The van der Waals surface area contributed by atoms with Crippen molar-refractivity contribution in [2.45, 2.75) is 19.3 Å². The van der Waals surface area contributed by atoms with Gasteiger partial charge >= 0.3 is 6.09 Å². The summed E-state index contributed by atoms with van der Waals surface area (Å²) >= 11 is 6.02. The Morgan fingerprint density at radius 3 is 2.37 bits per heavy atom. The van der Waals surface area contributed by atoms with E-state index in [4.69, 9.17) is 16.3 Å². The Morgan fingerprint density at radius 2 is 1.70 bits per heavy atom. The number of rotatable bonds is 4. The minimum atomic E-state index is -0.416. The molecule has 3 nitrogen and oxygen atoms in total. The van der Waals surface area contributed by atoms with Gasteiger partial charge in [0, 0.05) is 29.5 Å². The van der Waals surface area contributed by atoms with E-state index in [1.54, 1.807) is 0 Å². The minimum Gasteiger partial charge on any atom is -0.449 e. The number of amides is 1. The SMILES string of the molecule is Cc1cc(C#CCCNC(=O)OCC2c3ccccc3-c3ccccc32)ccc1Cl. The Labute approximate surface area is 182 Å². The molecular formula is C26H22ClNO2. The molecule has 4 rings (SSSR count). The molecule has 0 aromatic heterocycles. The maximum absolute atomic E-state index is 12.1. The van der Waals surface area contributed by atoms with Crippen LogP contribution in [0, 0.1) is 18.8 Å². The van der Waals surface area contributed by atoms with Crippen molar-refractivity contribution in [2.75, 3.05) is 13.2 Å². The number of fused-ring (bicyclic) bond motifs is 3. The average molecular weight is 416 g/mol. The second-order valence-corrected chi connectivity index (χ2v) is 7.68. The molecule has 0 spiro atoms. The molecule has 0 heterocycles. The summed E-state index contributed by atoms with van der Waals surface area (Å²) in [5.41, 5.74) is 6.76. The van der Waals surface area contributed by atoms with E-state index in [0.717, 1.165) is 16.1 Å². The first-order valence-corrected chi connectivity index (χ1v) is 10.3. The van der Waals surface area contributed by atoms with E-state index >= 15 is 0 Å². The van der Waals surface area contributed by atoms with Crippen molar-refractivity contribution in [3.8, 4) is 23.0 Å². The number of hydrogen-bond acceptors (Lipinski definition) is 2. The van der Waals surface area contributed by atoms with Crippen LogP contribution in [0.4, 0.5) is 4.79 Å². The molecule has 0 radical (unpaired) electrons. The van der Waals surface area contributed by atoms with Crippen molar-refractivity contribution in [3.63, 3.8) is 0 Å². The minimum absolute atomic E-state index is 0.0658. The van der Waals surface area contributed by atoms with Gasteiger partial charge < -0.3 is 10.1 Å². The van der Waals surface area contributed by atoms with E-state index in [0.29, 0.717) is 19.6 Å². The Kier molecular flexibility index (Phi) is 6.07. The van der Waals surface area contributed by atoms with Crippen LogP contribution in [0.5, 0.6) is 0 Å². The average Bonchev–Trinajstić information content (AvgIpc) is 3.08. The van der Waals surface area contributed by atoms with E-state index < -0.39 is 6.09 Å². The highest BCUT2D eigenvalue weighted by molar-refractivity contribution is 6.31. The number of benzene rings is 3. The summed E-state index contributed by atoms with van der Waals surface area (Å²) in [5, 5.41) is 3.51. The van der Waals surface area contributed by atoms with Crippen molar-refractivity contribution in [1.82, 2.24) is 5.32 Å². The molecule has 1 N–H and O–H groups in total. The highest BCUT2D eigenvalue weighted by atomic mass is 35.5. The summed E-state index contributed by atoms with van der Waals surface area (Å²) < 4.78 is 5.52. The van der Waals surface area contributed by atoms with Crippen molar-refractivity contribution in [1.29, 1.82) is 0 Å². The van der Waals surface area contributed by atoms with Crippen molar-refractivity contribution in [3.05, 3.63) is 94.0 Å². The summed E-state index contributed by atoms with van der Waals surface area (Å²) in [5.74, 6) is 6.21. The lowest BCUT2D eigenvalue weighted by Crippen LogP contribution is -2.26. The monoisotopic (exact) mass is 415 g/mol. The maximum atomic E-state index is 12.1. The van der Waals surface area contributed by atoms with Crippen molar-refractivity contribution < 1.29 is 9.53 Å². The predicted octanol–water partition coefficient (Wildman–Crippen LogP) is 5.93. The number of aryl methyl sites for hydroxylation is 1. The molecule has 150 valence electrons. The zero-order valence-electron chi connectivity index (χ0n) is 16.7. The van der Waals surface area contributed by atoms with Gasteiger partial charge in [-0.1, -0.05) is 72.0 Å². The number of hydrogen-bond donors (Lipinski definition) is 1. The number of alkyl carbamates (subject to hydrolysis) is 1. The molecule has 1 aliphatic carbocycles. The molecule has 0 saturated carbocycles. The molecule has 3 aromatic carbocycles. The number of carbonyl (C=O) groups excluding carboxylic acids is 1. The van der Waals surface area contributed by atoms with Crippen LogP contribution in [0.2, 0.25) is 5.02 Å². The Balaban J connectivity index is 1.29. The van der Waals surface area contributed by atoms with E-state index in [-0.39, 0.29) is 5.92 Å². The molecule has 30 heavy (non-hydrogen) atoms. The third-order valence-corrected chi connectivity index (χ3v) is 5.68. The fraction of sp³-hybridized carbons (Fsp3) is 0.192. The summed E-state index contributed by atoms with van der Waals surface area (Å²) in [6, 6.07) is 22.3. The smallest absolute Gasteiger partial charge is 0.407 e. The molecule has 3 aromatic rings. The van der Waals surface area contributed by atoms with Crippen molar-refractivity contribution in [2.24, 2.45) is 0 Å². The Morgan fingerprint density at radius 1 is 1.03 bits per heavy atom. The van der Waals surface area contributed by atoms with Crippen LogP contribution >= 0.6 is 11.6 Å². The van der Waals surface area contributed by atoms with Gasteiger partial charge in [0.15, 0.2) is 0 Å². The third-order valence-electron chi connectivity index (χ3n) is 5.25. The van der Waals surface area contributed by atoms with E-state index in [2.05, 4.69) is 41.4 Å². The van der Waals surface area contributed by atoms with Gasteiger partial charge in [0.05, 0.1) is 0 Å². The van der Waals surface area contributed by atoms with Crippen LogP contribution in [0.15, 0.2) is 66.7 Å². The molecular weight excluding hydrogens is 394 g/mol. The number of halogens is 1. The summed E-state index contributed by atoms with van der Waals surface area (Å²) in [7, 11) is 0. The van der Waals surface area contributed by atoms with Gasteiger partial charge in [0.25, 0.3) is 0 Å². The van der Waals surface area contributed by atoms with E-state index in [9.17, 15) is 4.79 Å². The number of carbonyl (C=O) groups is 1. The molecule has 1 aliphatic rings. The zero-order chi connectivity index (χ0) is 20.9. The van der Waals surface area contributed by atoms with Gasteiger partial charge in [0.2, 0.25) is 0 Å². The largest absolute Gasteiger partial charge is 0.449 e. The molecule has 0 saturated heterocycles. The van der Waals surface area contributed by atoms with Crippen molar-refractivity contribution >= 4 is 17.7 Å². The van der Waals surface area contributed by atoms with Gasteiger partial charge in [-0.05, 0) is 52.9 Å². The van der Waals surface area contributed by atoms with Crippen LogP contribution in [-0.2, 0) is 4.74 Å². The first kappa shape index (κ1) is 20.1. The number of ether oxygens (including phenoxy) is 1. The Bertz CT molecular complexity index is 1100. The highest BCUT2D eigenvalue weighted by Gasteiger charge is 2.28. The van der Waals surface area contributed by atoms with Crippen LogP contribution in [0.3, 0.4) is 0 Å². The molecule has 0 aliphatic heterocycles. The van der Waals surface area contributed by atoms with Gasteiger partial charge in [-0.15, -0.1) is 0 Å². The second kappa shape index (κ2) is 9.07. The summed E-state index contributed by atoms with van der Waals surface area (Å²) in [4.78, 5) is 12.1. The van der Waals surface area contributed by atoms with Crippen LogP contribution in [-0.4, -0.2) is 19.2 Å². The third kappa shape index (κ3) is 4.35. The van der Waals surface area contributed by atoms with Gasteiger partial charge in [0.1, 0.15) is 6.61 Å². The lowest BCUT2D eigenvalue weighted by atomic mass is 9.98. The summed E-state index contributed by atoms with van der Waals surface area (Å²) in [6.07, 6.45) is 0.132. The number of nitrogens with one attached hydrogen (secondary N) is 1. The first-order valence-electron chi connectivity index (χ1n) is 9.97. The molecule has 1 amide bonds. The quantitative estimate of drug-likeness (QED) is 0.423. The van der Waals surface area contributed by atoms with Crippen LogP contribution < -0.4 is 5.32 Å². The molecule has 0 unspecified atom stereocenters. The Hall–Kier alpha value is -3.22. The topological polar surface area (TPSA) is 38.3 Å². The van der Waals surface area contributed by atoms with Gasteiger partial charge in [-0.25, -0.2) is 4.79 Å². The fourth-order valence-electron chi connectivity index (χ4n) is 3.76. The van der Waals surface area contributed by atoms with Crippen LogP contribution in [0.1, 0.15) is 34.6 Å². The molecule has 0 bridgehead atoms. The molecule has 4 heteroatoms. The van der Waals surface area contributed by atoms with Gasteiger partial charge in [-0.3, -0.25) is 0 Å².